The molecule has 6 nitrogen and oxygen atoms in total. The lowest BCUT2D eigenvalue weighted by Crippen LogP contribution is -2.44. The maximum Gasteiger partial charge on any atom is 0.317 e. The van der Waals surface area contributed by atoms with Gasteiger partial charge in [0.25, 0.3) is 0 Å². The smallest absolute Gasteiger partial charge is 0.317 e. The van der Waals surface area contributed by atoms with Crippen molar-refractivity contribution in [3.05, 3.63) is 52.9 Å². The van der Waals surface area contributed by atoms with E-state index in [2.05, 4.69) is 9.97 Å². The number of piperidine rings is 1. The van der Waals surface area contributed by atoms with Crippen LogP contribution in [0.2, 0.25) is 0 Å². The second-order valence-corrected chi connectivity index (χ2v) is 8.68. The van der Waals surface area contributed by atoms with E-state index in [-0.39, 0.29) is 24.2 Å². The standard InChI is InChI=1S/C18H21F2N3O3S/c1-12-6-13(2)22-18(21-12)26-17-4-3-5-23(10-17)27(24,25)11-14-7-15(19)9-16(20)8-14/h6-9,17H,3-5,10-11H2,1-2H3. The highest BCUT2D eigenvalue weighted by molar-refractivity contribution is 7.88. The molecule has 1 atom stereocenters. The van der Waals surface area contributed by atoms with Crippen molar-refractivity contribution in [2.75, 3.05) is 13.1 Å². The summed E-state index contributed by atoms with van der Waals surface area (Å²) in [5, 5.41) is 0. The highest BCUT2D eigenvalue weighted by Gasteiger charge is 2.30. The zero-order chi connectivity index (χ0) is 19.6. The molecule has 1 unspecified atom stereocenters. The van der Waals surface area contributed by atoms with Gasteiger partial charge >= 0.3 is 6.01 Å². The summed E-state index contributed by atoms with van der Waals surface area (Å²) < 4.78 is 59.1. The Morgan fingerprint density at radius 3 is 2.37 bits per heavy atom. The van der Waals surface area contributed by atoms with Gasteiger partial charge in [-0.25, -0.2) is 27.2 Å². The predicted molar refractivity (Wildman–Crippen MR) is 95.7 cm³/mol. The molecule has 1 saturated heterocycles. The zero-order valence-corrected chi connectivity index (χ0v) is 16.0. The number of halogens is 2. The first-order chi connectivity index (χ1) is 12.7. The molecule has 1 aromatic heterocycles. The van der Waals surface area contributed by atoms with Crippen LogP contribution >= 0.6 is 0 Å². The molecule has 0 bridgehead atoms. The van der Waals surface area contributed by atoms with Gasteiger partial charge in [0.2, 0.25) is 10.0 Å². The molecule has 1 aliphatic rings. The van der Waals surface area contributed by atoms with Crippen LogP contribution in [0, 0.1) is 25.5 Å². The fraction of sp³-hybridized carbons (Fsp3) is 0.444. The topological polar surface area (TPSA) is 72.4 Å². The van der Waals surface area contributed by atoms with Gasteiger partial charge in [0.1, 0.15) is 17.7 Å². The van der Waals surface area contributed by atoms with Gasteiger partial charge < -0.3 is 4.74 Å². The Labute approximate surface area is 157 Å². The largest absolute Gasteiger partial charge is 0.459 e. The lowest BCUT2D eigenvalue weighted by atomic mass is 10.1. The number of nitrogens with zero attached hydrogens (tertiary/aromatic N) is 3. The maximum atomic E-state index is 13.3. The summed E-state index contributed by atoms with van der Waals surface area (Å²) in [7, 11) is -3.73. The number of ether oxygens (including phenoxy) is 1. The maximum absolute atomic E-state index is 13.3. The number of benzene rings is 1. The van der Waals surface area contributed by atoms with Crippen LogP contribution in [0.3, 0.4) is 0 Å². The number of rotatable bonds is 5. The Kier molecular flexibility index (Phi) is 5.71. The molecule has 0 aliphatic carbocycles. The van der Waals surface area contributed by atoms with Crippen LogP contribution in [0.4, 0.5) is 8.78 Å². The number of hydrogen-bond donors (Lipinski definition) is 0. The fourth-order valence-electron chi connectivity index (χ4n) is 3.15. The van der Waals surface area contributed by atoms with E-state index in [0.29, 0.717) is 25.5 Å². The Balaban J connectivity index is 1.70. The lowest BCUT2D eigenvalue weighted by molar-refractivity contribution is 0.118. The molecule has 3 rings (SSSR count). The molecule has 0 radical (unpaired) electrons. The summed E-state index contributed by atoms with van der Waals surface area (Å²) in [6.45, 7) is 4.15. The van der Waals surface area contributed by atoms with E-state index in [1.165, 1.54) is 4.31 Å². The predicted octanol–water partition coefficient (Wildman–Crippen LogP) is 2.74. The van der Waals surface area contributed by atoms with Gasteiger partial charge in [-0.2, -0.15) is 4.31 Å². The summed E-state index contributed by atoms with van der Waals surface area (Å²) >= 11 is 0. The van der Waals surface area contributed by atoms with Crippen molar-refractivity contribution >= 4 is 10.0 Å². The SMILES string of the molecule is Cc1cc(C)nc(OC2CCCN(S(=O)(=O)Cc3cc(F)cc(F)c3)C2)n1. The third kappa shape index (κ3) is 5.20. The van der Waals surface area contributed by atoms with E-state index >= 15 is 0 Å². The number of aryl methyl sites for hydroxylation is 2. The molecule has 2 aromatic rings. The van der Waals surface area contributed by atoms with Crippen molar-refractivity contribution in [2.24, 2.45) is 0 Å². The van der Waals surface area contributed by atoms with E-state index in [1.54, 1.807) is 0 Å². The van der Waals surface area contributed by atoms with Gasteiger partial charge in [-0.1, -0.05) is 0 Å². The molecular weight excluding hydrogens is 376 g/mol. The minimum absolute atomic E-state index is 0.0770. The molecule has 9 heteroatoms. The van der Waals surface area contributed by atoms with Gasteiger partial charge in [-0.15, -0.1) is 0 Å². The third-order valence-corrected chi connectivity index (χ3v) is 6.06. The zero-order valence-electron chi connectivity index (χ0n) is 15.2. The summed E-state index contributed by atoms with van der Waals surface area (Å²) in [5.74, 6) is -2.06. The van der Waals surface area contributed by atoms with Crippen LogP contribution < -0.4 is 4.74 Å². The Morgan fingerprint density at radius 2 is 1.74 bits per heavy atom. The van der Waals surface area contributed by atoms with Crippen LogP contribution in [0.25, 0.3) is 0 Å². The monoisotopic (exact) mass is 397 g/mol. The summed E-state index contributed by atoms with van der Waals surface area (Å²) in [5.41, 5.74) is 1.62. The van der Waals surface area contributed by atoms with Gasteiger partial charge in [0, 0.05) is 24.0 Å². The summed E-state index contributed by atoms with van der Waals surface area (Å²) in [4.78, 5) is 8.44. The molecule has 27 heavy (non-hydrogen) atoms. The van der Waals surface area contributed by atoms with Gasteiger partial charge in [-0.3, -0.25) is 0 Å². The molecule has 1 fully saturated rings. The highest BCUT2D eigenvalue weighted by Crippen LogP contribution is 2.21. The molecule has 0 amide bonds. The fourth-order valence-corrected chi connectivity index (χ4v) is 4.72. The highest BCUT2D eigenvalue weighted by atomic mass is 32.2. The number of sulfonamides is 1. The van der Waals surface area contributed by atoms with Crippen LogP contribution in [0.1, 0.15) is 29.8 Å². The van der Waals surface area contributed by atoms with Crippen molar-refractivity contribution in [3.63, 3.8) is 0 Å². The minimum atomic E-state index is -3.73. The van der Waals surface area contributed by atoms with E-state index in [0.717, 1.165) is 23.5 Å². The summed E-state index contributed by atoms with van der Waals surface area (Å²) in [6, 6.07) is 4.82. The first-order valence-electron chi connectivity index (χ1n) is 8.63. The quantitative estimate of drug-likeness (QED) is 0.776. The van der Waals surface area contributed by atoms with Crippen molar-refractivity contribution in [3.8, 4) is 6.01 Å². The van der Waals surface area contributed by atoms with E-state index in [1.807, 2.05) is 19.9 Å². The van der Waals surface area contributed by atoms with Gasteiger partial charge in [0.05, 0.1) is 12.3 Å². The van der Waals surface area contributed by atoms with Crippen molar-refractivity contribution in [1.29, 1.82) is 0 Å². The molecule has 1 aromatic carbocycles. The number of aromatic nitrogens is 2. The summed E-state index contributed by atoms with van der Waals surface area (Å²) in [6.07, 6.45) is 0.919. The molecule has 0 spiro atoms. The number of hydrogen-bond acceptors (Lipinski definition) is 5. The Morgan fingerprint density at radius 1 is 1.11 bits per heavy atom. The normalized spacial score (nSPS) is 18.4. The van der Waals surface area contributed by atoms with Crippen LogP contribution in [0.5, 0.6) is 6.01 Å². The molecule has 0 saturated carbocycles. The van der Waals surface area contributed by atoms with Crippen LogP contribution in [-0.4, -0.2) is 41.9 Å². The molecule has 146 valence electrons. The Bertz CT molecular complexity index is 897. The van der Waals surface area contributed by atoms with E-state index in [9.17, 15) is 17.2 Å². The van der Waals surface area contributed by atoms with E-state index < -0.39 is 27.4 Å². The van der Waals surface area contributed by atoms with Crippen molar-refractivity contribution < 1.29 is 21.9 Å². The molecule has 2 heterocycles. The molecule has 1 aliphatic heterocycles. The second-order valence-electron chi connectivity index (χ2n) is 6.71. The average Bonchev–Trinajstić information content (AvgIpc) is 2.52. The molecule has 0 N–H and O–H groups in total. The second kappa shape index (κ2) is 7.85. The van der Waals surface area contributed by atoms with Crippen LogP contribution in [0.15, 0.2) is 24.3 Å². The van der Waals surface area contributed by atoms with Crippen LogP contribution in [-0.2, 0) is 15.8 Å². The third-order valence-electron chi connectivity index (χ3n) is 4.24. The molecular formula is C18H21F2N3O3S. The van der Waals surface area contributed by atoms with Crippen molar-refractivity contribution in [2.45, 2.75) is 38.5 Å². The lowest BCUT2D eigenvalue weighted by Gasteiger charge is -2.31. The van der Waals surface area contributed by atoms with Crippen molar-refractivity contribution in [1.82, 2.24) is 14.3 Å². The first kappa shape index (κ1) is 19.6. The first-order valence-corrected chi connectivity index (χ1v) is 10.2. The average molecular weight is 397 g/mol. The van der Waals surface area contributed by atoms with E-state index in [4.69, 9.17) is 4.74 Å². The van der Waals surface area contributed by atoms with Gasteiger partial charge in [0.15, 0.2) is 0 Å². The minimum Gasteiger partial charge on any atom is -0.459 e. The Hall–Kier alpha value is -2.13. The van der Waals surface area contributed by atoms with Gasteiger partial charge in [-0.05, 0) is 50.5 Å².